The Balaban J connectivity index is 2.31. The molecule has 0 aromatic rings. The molecule has 1 spiro atoms. The van der Waals surface area contributed by atoms with Crippen LogP contribution in [0.4, 0.5) is 0 Å². The highest BCUT2D eigenvalue weighted by Crippen LogP contribution is 2.54. The molecule has 16 heavy (non-hydrogen) atoms. The van der Waals surface area contributed by atoms with Gasteiger partial charge < -0.3 is 15.3 Å². The molecule has 92 valence electrons. The number of hydrogen-bond acceptors (Lipinski definition) is 3. The maximum atomic E-state index is 10.0. The number of rotatable bonds is 3. The standard InChI is InChI=1S/C13H24N2O/c1-5-9(3)15-10(6-2)7-11(14-4)13(15)8-12(13)16/h6,9,11-12,14,16H,5,7-8H2,1-4H3. The predicted octanol–water partition coefficient (Wildman–Crippen LogP) is 1.49. The molecule has 1 saturated heterocycles. The molecule has 0 aromatic heterocycles. The highest BCUT2D eigenvalue weighted by Gasteiger charge is 2.66. The highest BCUT2D eigenvalue weighted by molar-refractivity contribution is 5.32. The van der Waals surface area contributed by atoms with Gasteiger partial charge in [0.25, 0.3) is 0 Å². The number of allylic oxidation sites excluding steroid dienone is 1. The molecule has 1 aliphatic heterocycles. The van der Waals surface area contributed by atoms with E-state index < -0.39 is 0 Å². The highest BCUT2D eigenvalue weighted by atomic mass is 16.3. The first-order valence-corrected chi connectivity index (χ1v) is 6.41. The van der Waals surface area contributed by atoms with Crippen LogP contribution in [0.1, 0.15) is 40.0 Å². The van der Waals surface area contributed by atoms with E-state index in [4.69, 9.17) is 0 Å². The molecular formula is C13H24N2O. The lowest BCUT2D eigenvalue weighted by Crippen LogP contribution is -2.49. The van der Waals surface area contributed by atoms with Crippen LogP contribution in [0.25, 0.3) is 0 Å². The fourth-order valence-electron chi connectivity index (χ4n) is 3.29. The van der Waals surface area contributed by atoms with Gasteiger partial charge in [-0.25, -0.2) is 0 Å². The van der Waals surface area contributed by atoms with Crippen LogP contribution in [0.15, 0.2) is 11.8 Å². The number of likely N-dealkylation sites (N-methyl/N-ethyl adjacent to an activating group) is 1. The monoisotopic (exact) mass is 224 g/mol. The Morgan fingerprint density at radius 1 is 1.69 bits per heavy atom. The first kappa shape index (κ1) is 11.9. The fraction of sp³-hybridized carbons (Fsp3) is 0.846. The second-order valence-corrected chi connectivity index (χ2v) is 5.16. The van der Waals surface area contributed by atoms with Crippen molar-refractivity contribution < 1.29 is 5.11 Å². The van der Waals surface area contributed by atoms with E-state index in [1.807, 2.05) is 7.05 Å². The summed E-state index contributed by atoms with van der Waals surface area (Å²) in [6.07, 6.45) is 5.14. The van der Waals surface area contributed by atoms with Crippen molar-refractivity contribution >= 4 is 0 Å². The molecule has 3 nitrogen and oxygen atoms in total. The lowest BCUT2D eigenvalue weighted by Gasteiger charge is -2.35. The number of aliphatic hydroxyl groups is 1. The maximum absolute atomic E-state index is 10.0. The SMILES string of the molecule is CC=C1CC(NC)C2(CC2O)N1C(C)CC. The smallest absolute Gasteiger partial charge is 0.0842 e. The lowest BCUT2D eigenvalue weighted by atomic mass is 10.1. The van der Waals surface area contributed by atoms with Gasteiger partial charge in [0.15, 0.2) is 0 Å². The quantitative estimate of drug-likeness (QED) is 0.762. The third-order valence-corrected chi connectivity index (χ3v) is 4.43. The van der Waals surface area contributed by atoms with Gasteiger partial charge in [-0.1, -0.05) is 13.0 Å². The molecule has 0 amide bonds. The van der Waals surface area contributed by atoms with E-state index in [2.05, 4.69) is 37.1 Å². The van der Waals surface area contributed by atoms with E-state index in [0.29, 0.717) is 12.1 Å². The molecule has 2 fully saturated rings. The van der Waals surface area contributed by atoms with Crippen molar-refractivity contribution in [2.75, 3.05) is 7.05 Å². The molecule has 2 aliphatic rings. The van der Waals surface area contributed by atoms with E-state index in [1.54, 1.807) is 0 Å². The number of aliphatic hydroxyl groups excluding tert-OH is 1. The first-order valence-electron chi connectivity index (χ1n) is 6.41. The molecule has 1 aliphatic carbocycles. The van der Waals surface area contributed by atoms with Crippen molar-refractivity contribution in [2.24, 2.45) is 0 Å². The van der Waals surface area contributed by atoms with Gasteiger partial charge in [-0.05, 0) is 27.3 Å². The Morgan fingerprint density at radius 2 is 2.31 bits per heavy atom. The largest absolute Gasteiger partial charge is 0.391 e. The molecule has 3 heteroatoms. The predicted molar refractivity (Wildman–Crippen MR) is 66.2 cm³/mol. The van der Waals surface area contributed by atoms with Gasteiger partial charge >= 0.3 is 0 Å². The average molecular weight is 224 g/mol. The molecule has 1 saturated carbocycles. The zero-order valence-corrected chi connectivity index (χ0v) is 10.8. The van der Waals surface area contributed by atoms with Crippen LogP contribution < -0.4 is 5.32 Å². The second-order valence-electron chi connectivity index (χ2n) is 5.16. The topological polar surface area (TPSA) is 35.5 Å². The Hall–Kier alpha value is -0.540. The third kappa shape index (κ3) is 1.41. The van der Waals surface area contributed by atoms with Gasteiger partial charge in [0.2, 0.25) is 0 Å². The van der Waals surface area contributed by atoms with Gasteiger partial charge in [0.1, 0.15) is 0 Å². The minimum absolute atomic E-state index is 0.00792. The van der Waals surface area contributed by atoms with Crippen LogP contribution in [-0.4, -0.2) is 40.8 Å². The van der Waals surface area contributed by atoms with Crippen molar-refractivity contribution in [3.05, 3.63) is 11.8 Å². The molecule has 1 heterocycles. The van der Waals surface area contributed by atoms with Gasteiger partial charge in [0, 0.05) is 30.6 Å². The van der Waals surface area contributed by atoms with E-state index >= 15 is 0 Å². The summed E-state index contributed by atoms with van der Waals surface area (Å²) in [6, 6.07) is 0.921. The summed E-state index contributed by atoms with van der Waals surface area (Å²) in [6.45, 7) is 6.58. The van der Waals surface area contributed by atoms with Crippen molar-refractivity contribution in [1.29, 1.82) is 0 Å². The van der Waals surface area contributed by atoms with Crippen LogP contribution in [0.5, 0.6) is 0 Å². The summed E-state index contributed by atoms with van der Waals surface area (Å²) in [5, 5.41) is 13.4. The summed E-state index contributed by atoms with van der Waals surface area (Å²) in [4.78, 5) is 2.47. The summed E-state index contributed by atoms with van der Waals surface area (Å²) < 4.78 is 0. The van der Waals surface area contributed by atoms with E-state index in [9.17, 15) is 5.11 Å². The molecule has 2 N–H and O–H groups in total. The Morgan fingerprint density at radius 3 is 2.69 bits per heavy atom. The number of likely N-dealkylation sites (tertiary alicyclic amines) is 1. The zero-order valence-electron chi connectivity index (χ0n) is 10.8. The first-order chi connectivity index (χ1) is 7.61. The van der Waals surface area contributed by atoms with Gasteiger partial charge in [-0.2, -0.15) is 0 Å². The summed E-state index contributed by atoms with van der Waals surface area (Å²) in [5.41, 5.74) is 1.39. The van der Waals surface area contributed by atoms with Crippen LogP contribution in [-0.2, 0) is 0 Å². The summed E-state index contributed by atoms with van der Waals surface area (Å²) in [7, 11) is 2.00. The van der Waals surface area contributed by atoms with Gasteiger partial charge in [-0.3, -0.25) is 0 Å². The minimum Gasteiger partial charge on any atom is -0.391 e. The van der Waals surface area contributed by atoms with Crippen LogP contribution in [0.2, 0.25) is 0 Å². The number of nitrogens with one attached hydrogen (secondary N) is 1. The van der Waals surface area contributed by atoms with E-state index in [-0.39, 0.29) is 11.6 Å². The molecule has 0 aromatic carbocycles. The van der Waals surface area contributed by atoms with Crippen molar-refractivity contribution in [3.8, 4) is 0 Å². The van der Waals surface area contributed by atoms with Gasteiger partial charge in [-0.15, -0.1) is 0 Å². The second kappa shape index (κ2) is 4.04. The molecule has 4 atom stereocenters. The molecular weight excluding hydrogens is 200 g/mol. The van der Waals surface area contributed by atoms with Crippen molar-refractivity contribution in [1.82, 2.24) is 10.2 Å². The van der Waals surface area contributed by atoms with Crippen molar-refractivity contribution in [2.45, 2.75) is 63.8 Å². The molecule has 0 radical (unpaired) electrons. The van der Waals surface area contributed by atoms with Gasteiger partial charge in [0.05, 0.1) is 11.6 Å². The summed E-state index contributed by atoms with van der Waals surface area (Å²) >= 11 is 0. The molecule has 0 bridgehead atoms. The van der Waals surface area contributed by atoms with Crippen LogP contribution >= 0.6 is 0 Å². The van der Waals surface area contributed by atoms with Crippen LogP contribution in [0, 0.1) is 0 Å². The normalized spacial score (nSPS) is 42.1. The fourth-order valence-corrected chi connectivity index (χ4v) is 3.29. The van der Waals surface area contributed by atoms with E-state index in [1.165, 1.54) is 5.70 Å². The Bertz CT molecular complexity index is 302. The van der Waals surface area contributed by atoms with Crippen LogP contribution in [0.3, 0.4) is 0 Å². The number of hydrogen-bond donors (Lipinski definition) is 2. The minimum atomic E-state index is -0.156. The average Bonchev–Trinajstić information content (AvgIpc) is 2.83. The maximum Gasteiger partial charge on any atom is 0.0842 e. The molecule has 2 rings (SSSR count). The lowest BCUT2D eigenvalue weighted by molar-refractivity contribution is 0.125. The Kier molecular flexibility index (Phi) is 3.01. The van der Waals surface area contributed by atoms with E-state index in [0.717, 1.165) is 19.3 Å². The Labute approximate surface area is 98.5 Å². The third-order valence-electron chi connectivity index (χ3n) is 4.43. The molecule has 4 unspecified atom stereocenters. The summed E-state index contributed by atoms with van der Waals surface area (Å²) in [5.74, 6) is 0. The van der Waals surface area contributed by atoms with Crippen molar-refractivity contribution in [3.63, 3.8) is 0 Å². The zero-order chi connectivity index (χ0) is 11.9. The number of nitrogens with zero attached hydrogens (tertiary/aromatic N) is 1.